The summed E-state index contributed by atoms with van der Waals surface area (Å²) in [5, 5.41) is 0. The highest BCUT2D eigenvalue weighted by Crippen LogP contribution is 2.18. The van der Waals surface area contributed by atoms with E-state index in [9.17, 15) is 0 Å². The molecule has 0 aliphatic carbocycles. The molecule has 0 radical (unpaired) electrons. The third-order valence-electron chi connectivity index (χ3n) is 3.05. The van der Waals surface area contributed by atoms with Crippen LogP contribution < -0.4 is 10.6 Å². The highest BCUT2D eigenvalue weighted by atomic mass is 16.5. The van der Waals surface area contributed by atoms with E-state index in [1.165, 1.54) is 0 Å². The Bertz CT molecular complexity index is 409. The first-order valence-corrected chi connectivity index (χ1v) is 6.48. The van der Waals surface area contributed by atoms with E-state index in [1.54, 1.807) is 0 Å². The average Bonchev–Trinajstić information content (AvgIpc) is 2.38. The lowest BCUT2D eigenvalue weighted by Gasteiger charge is -2.32. The number of hydrogen-bond donors (Lipinski definition) is 1. The fourth-order valence-corrected chi connectivity index (χ4v) is 1.94. The van der Waals surface area contributed by atoms with Gasteiger partial charge in [0.1, 0.15) is 5.82 Å². The van der Waals surface area contributed by atoms with Crippen LogP contribution in [0.2, 0.25) is 0 Å². The summed E-state index contributed by atoms with van der Waals surface area (Å²) in [7, 11) is 0. The smallest absolute Gasteiger partial charge is 0.230 e. The monoisotopic (exact) mass is 251 g/mol. The van der Waals surface area contributed by atoms with E-state index >= 15 is 0 Å². The molecule has 0 aromatic carbocycles. The lowest BCUT2D eigenvalue weighted by Crippen LogP contribution is -2.43. The maximum atomic E-state index is 5.75. The number of anilines is 2. The van der Waals surface area contributed by atoms with Gasteiger partial charge >= 0.3 is 0 Å². The van der Waals surface area contributed by atoms with Crippen molar-refractivity contribution in [1.82, 2.24) is 15.0 Å². The molecule has 18 heavy (non-hydrogen) atoms. The molecule has 0 spiro atoms. The molecule has 1 unspecified atom stereocenters. The van der Waals surface area contributed by atoms with E-state index in [0.29, 0.717) is 18.5 Å². The van der Waals surface area contributed by atoms with Crippen molar-refractivity contribution in [2.24, 2.45) is 0 Å². The van der Waals surface area contributed by atoms with Gasteiger partial charge in [-0.25, -0.2) is 0 Å². The molecule has 1 fully saturated rings. The third-order valence-corrected chi connectivity index (χ3v) is 3.05. The predicted octanol–water partition coefficient (Wildman–Crippen LogP) is 1.19. The number of aromatic nitrogens is 3. The van der Waals surface area contributed by atoms with Crippen LogP contribution in [0.4, 0.5) is 11.9 Å². The van der Waals surface area contributed by atoms with Crippen LogP contribution in [-0.4, -0.2) is 40.8 Å². The van der Waals surface area contributed by atoms with Gasteiger partial charge in [0.2, 0.25) is 11.9 Å². The van der Waals surface area contributed by atoms with Gasteiger partial charge in [-0.1, -0.05) is 20.8 Å². The van der Waals surface area contributed by atoms with Crippen molar-refractivity contribution >= 4 is 11.9 Å². The molecule has 6 heteroatoms. The summed E-state index contributed by atoms with van der Waals surface area (Å²) in [4.78, 5) is 15.0. The second kappa shape index (κ2) is 5.48. The first kappa shape index (κ1) is 13.0. The zero-order valence-electron chi connectivity index (χ0n) is 11.3. The first-order chi connectivity index (χ1) is 8.60. The molecule has 1 aromatic heterocycles. The minimum absolute atomic E-state index is 0.247. The van der Waals surface area contributed by atoms with Crippen molar-refractivity contribution in [2.75, 3.05) is 30.3 Å². The SMILES string of the molecule is CCC1CN(c2nc(N)nc(C(C)C)n2)CCO1. The van der Waals surface area contributed by atoms with Crippen LogP contribution in [0.1, 0.15) is 38.9 Å². The Morgan fingerprint density at radius 2 is 2.17 bits per heavy atom. The Labute approximate surface area is 108 Å². The minimum Gasteiger partial charge on any atom is -0.375 e. The molecule has 2 N–H and O–H groups in total. The van der Waals surface area contributed by atoms with Crippen molar-refractivity contribution in [3.8, 4) is 0 Å². The second-order valence-corrected chi connectivity index (χ2v) is 4.85. The maximum absolute atomic E-state index is 5.75. The van der Waals surface area contributed by atoms with Crippen LogP contribution in [0.5, 0.6) is 0 Å². The van der Waals surface area contributed by atoms with Gasteiger partial charge in [-0.15, -0.1) is 0 Å². The number of nitrogens with zero attached hydrogens (tertiary/aromatic N) is 4. The molecule has 0 amide bonds. The van der Waals surface area contributed by atoms with E-state index in [4.69, 9.17) is 10.5 Å². The van der Waals surface area contributed by atoms with E-state index in [2.05, 4.69) is 26.8 Å². The topological polar surface area (TPSA) is 77.2 Å². The van der Waals surface area contributed by atoms with Gasteiger partial charge in [0.25, 0.3) is 0 Å². The van der Waals surface area contributed by atoms with Gasteiger partial charge < -0.3 is 15.4 Å². The number of ether oxygens (including phenoxy) is 1. The van der Waals surface area contributed by atoms with Crippen LogP contribution in [-0.2, 0) is 4.74 Å². The average molecular weight is 251 g/mol. The van der Waals surface area contributed by atoms with Gasteiger partial charge in [-0.05, 0) is 6.42 Å². The lowest BCUT2D eigenvalue weighted by atomic mass is 10.2. The molecule has 1 atom stereocenters. The standard InChI is InChI=1S/C12H21N5O/c1-4-9-7-17(5-6-18-9)12-15-10(8(2)3)14-11(13)16-12/h8-9H,4-7H2,1-3H3,(H2,13,14,15,16). The Morgan fingerprint density at radius 3 is 2.83 bits per heavy atom. The van der Waals surface area contributed by atoms with Crippen LogP contribution in [0.15, 0.2) is 0 Å². The van der Waals surface area contributed by atoms with Crippen molar-refractivity contribution < 1.29 is 4.74 Å². The van der Waals surface area contributed by atoms with E-state index in [0.717, 1.165) is 25.3 Å². The molecule has 0 saturated carbocycles. The van der Waals surface area contributed by atoms with Gasteiger partial charge in [-0.2, -0.15) is 15.0 Å². The molecule has 1 aliphatic rings. The Hall–Kier alpha value is -1.43. The molecule has 1 aliphatic heterocycles. The summed E-state index contributed by atoms with van der Waals surface area (Å²) >= 11 is 0. The summed E-state index contributed by atoms with van der Waals surface area (Å²) in [6.07, 6.45) is 1.24. The third kappa shape index (κ3) is 2.87. The number of nitrogen functional groups attached to an aromatic ring is 1. The fraction of sp³-hybridized carbons (Fsp3) is 0.750. The molecule has 100 valence electrons. The van der Waals surface area contributed by atoms with Gasteiger partial charge in [0.05, 0.1) is 12.7 Å². The van der Waals surface area contributed by atoms with Crippen molar-refractivity contribution in [3.05, 3.63) is 5.82 Å². The summed E-state index contributed by atoms with van der Waals surface area (Å²) in [5.74, 6) is 1.96. The molecule has 2 heterocycles. The van der Waals surface area contributed by atoms with Gasteiger partial charge in [-0.3, -0.25) is 0 Å². The normalized spacial score (nSPS) is 20.4. The quantitative estimate of drug-likeness (QED) is 0.869. The Morgan fingerprint density at radius 1 is 1.39 bits per heavy atom. The predicted molar refractivity (Wildman–Crippen MR) is 70.6 cm³/mol. The minimum atomic E-state index is 0.247. The van der Waals surface area contributed by atoms with Gasteiger partial charge in [0.15, 0.2) is 0 Å². The van der Waals surface area contributed by atoms with Crippen LogP contribution >= 0.6 is 0 Å². The van der Waals surface area contributed by atoms with Crippen LogP contribution in [0, 0.1) is 0 Å². The zero-order valence-corrected chi connectivity index (χ0v) is 11.3. The Kier molecular flexibility index (Phi) is 3.96. The van der Waals surface area contributed by atoms with Crippen molar-refractivity contribution in [1.29, 1.82) is 0 Å². The van der Waals surface area contributed by atoms with E-state index in [1.807, 2.05) is 13.8 Å². The number of nitrogens with two attached hydrogens (primary N) is 1. The summed E-state index contributed by atoms with van der Waals surface area (Å²) < 4.78 is 5.64. The summed E-state index contributed by atoms with van der Waals surface area (Å²) in [5.41, 5.74) is 5.75. The van der Waals surface area contributed by atoms with Crippen LogP contribution in [0.25, 0.3) is 0 Å². The largest absolute Gasteiger partial charge is 0.375 e. The molecule has 6 nitrogen and oxygen atoms in total. The van der Waals surface area contributed by atoms with Gasteiger partial charge in [0, 0.05) is 19.0 Å². The first-order valence-electron chi connectivity index (χ1n) is 6.48. The Balaban J connectivity index is 2.21. The maximum Gasteiger partial charge on any atom is 0.230 e. The van der Waals surface area contributed by atoms with E-state index < -0.39 is 0 Å². The summed E-state index contributed by atoms with van der Waals surface area (Å²) in [6.45, 7) is 8.55. The van der Waals surface area contributed by atoms with Crippen molar-refractivity contribution in [2.45, 2.75) is 39.2 Å². The molecule has 2 rings (SSSR count). The molecule has 1 aromatic rings. The van der Waals surface area contributed by atoms with Crippen molar-refractivity contribution in [3.63, 3.8) is 0 Å². The molecule has 0 bridgehead atoms. The molecule has 1 saturated heterocycles. The lowest BCUT2D eigenvalue weighted by molar-refractivity contribution is 0.0378. The van der Waals surface area contributed by atoms with E-state index in [-0.39, 0.29) is 12.0 Å². The molecular formula is C12H21N5O. The highest BCUT2D eigenvalue weighted by Gasteiger charge is 2.22. The molecular weight excluding hydrogens is 230 g/mol. The number of hydrogen-bond acceptors (Lipinski definition) is 6. The fourth-order valence-electron chi connectivity index (χ4n) is 1.94. The van der Waals surface area contributed by atoms with Crippen LogP contribution in [0.3, 0.4) is 0 Å². The summed E-state index contributed by atoms with van der Waals surface area (Å²) in [6, 6.07) is 0. The zero-order chi connectivity index (χ0) is 13.1. The number of rotatable bonds is 3. The number of morpholine rings is 1. The second-order valence-electron chi connectivity index (χ2n) is 4.85. The highest BCUT2D eigenvalue weighted by molar-refractivity contribution is 5.35.